The van der Waals surface area contributed by atoms with E-state index in [1.807, 2.05) is 13.8 Å². The van der Waals surface area contributed by atoms with Gasteiger partial charge in [-0.25, -0.2) is 9.36 Å². The lowest BCUT2D eigenvalue weighted by atomic mass is 10.2. The normalized spacial score (nSPS) is 16.1. The maximum absolute atomic E-state index is 11.8. The number of carbonyl (C=O) groups excluding carboxylic acids is 1. The van der Waals surface area contributed by atoms with Gasteiger partial charge in [0.05, 0.1) is 19.3 Å². The van der Waals surface area contributed by atoms with E-state index < -0.39 is 14.0 Å². The van der Waals surface area contributed by atoms with Crippen LogP contribution in [-0.2, 0) is 27.6 Å². The first-order valence-corrected chi connectivity index (χ1v) is 6.98. The summed E-state index contributed by atoms with van der Waals surface area (Å²) < 4.78 is 35.4. The molecule has 0 heterocycles. The van der Waals surface area contributed by atoms with E-state index in [0.717, 1.165) is 7.11 Å². The molecule has 0 aliphatic rings. The van der Waals surface area contributed by atoms with Gasteiger partial charge < -0.3 is 14.0 Å². The van der Waals surface area contributed by atoms with Crippen LogP contribution in [0.25, 0.3) is 0 Å². The minimum atomic E-state index is -3.94. The summed E-state index contributed by atoms with van der Waals surface area (Å²) in [5.74, 6) is 0.147. The van der Waals surface area contributed by atoms with Crippen LogP contribution in [-0.4, -0.2) is 39.7 Å². The van der Waals surface area contributed by atoms with E-state index in [4.69, 9.17) is 14.0 Å². The van der Waals surface area contributed by atoms with Crippen molar-refractivity contribution in [3.63, 3.8) is 0 Å². The standard InChI is InChI=1S/C10H21O7P/c1-8(2)6-15-10(11)17-18(12,14-5)16-7-9(3)13-4/h8-9H,6-7H2,1-5H3. The van der Waals surface area contributed by atoms with Crippen molar-refractivity contribution in [3.8, 4) is 0 Å². The molecule has 0 aliphatic heterocycles. The van der Waals surface area contributed by atoms with Gasteiger partial charge in [-0.2, -0.15) is 0 Å². The lowest BCUT2D eigenvalue weighted by Crippen LogP contribution is -2.16. The Balaban J connectivity index is 4.21. The molecule has 0 amide bonds. The van der Waals surface area contributed by atoms with E-state index in [0.29, 0.717) is 0 Å². The number of carbonyl (C=O) groups is 1. The van der Waals surface area contributed by atoms with Crippen LogP contribution in [0.1, 0.15) is 20.8 Å². The smallest absolute Gasteiger partial charge is 0.434 e. The molecule has 18 heavy (non-hydrogen) atoms. The van der Waals surface area contributed by atoms with Gasteiger partial charge in [0, 0.05) is 14.2 Å². The van der Waals surface area contributed by atoms with Crippen LogP contribution in [0, 0.1) is 5.92 Å². The molecule has 7 nitrogen and oxygen atoms in total. The largest absolute Gasteiger partial charge is 0.534 e. The van der Waals surface area contributed by atoms with Crippen molar-refractivity contribution >= 4 is 14.0 Å². The molecule has 0 fully saturated rings. The predicted molar refractivity (Wildman–Crippen MR) is 64.3 cm³/mol. The van der Waals surface area contributed by atoms with Gasteiger partial charge in [0.15, 0.2) is 0 Å². The van der Waals surface area contributed by atoms with Crippen molar-refractivity contribution in [2.75, 3.05) is 27.4 Å². The van der Waals surface area contributed by atoms with E-state index in [-0.39, 0.29) is 25.2 Å². The highest BCUT2D eigenvalue weighted by atomic mass is 31.2. The summed E-state index contributed by atoms with van der Waals surface area (Å²) in [6, 6.07) is 0. The molecular weight excluding hydrogens is 263 g/mol. The van der Waals surface area contributed by atoms with Gasteiger partial charge in [-0.3, -0.25) is 9.05 Å². The summed E-state index contributed by atoms with van der Waals surface area (Å²) in [4.78, 5) is 11.2. The Morgan fingerprint density at radius 3 is 2.22 bits per heavy atom. The Morgan fingerprint density at radius 1 is 1.17 bits per heavy atom. The summed E-state index contributed by atoms with van der Waals surface area (Å²) in [5, 5.41) is 0. The minimum Gasteiger partial charge on any atom is -0.434 e. The molecule has 0 bridgehead atoms. The molecule has 8 heteroatoms. The van der Waals surface area contributed by atoms with Gasteiger partial charge in [-0.15, -0.1) is 0 Å². The maximum Gasteiger partial charge on any atom is 0.534 e. The second-order valence-electron chi connectivity index (χ2n) is 4.02. The third kappa shape index (κ3) is 7.66. The topological polar surface area (TPSA) is 80.3 Å². The summed E-state index contributed by atoms with van der Waals surface area (Å²) in [6.07, 6.45) is -1.39. The quantitative estimate of drug-likeness (QED) is 0.500. The Bertz CT molecular complexity index is 292. The lowest BCUT2D eigenvalue weighted by Gasteiger charge is -2.17. The molecule has 2 unspecified atom stereocenters. The maximum atomic E-state index is 11.8. The summed E-state index contributed by atoms with van der Waals surface area (Å²) in [6.45, 7) is 5.56. The van der Waals surface area contributed by atoms with Crippen molar-refractivity contribution in [1.82, 2.24) is 0 Å². The average molecular weight is 284 g/mol. The minimum absolute atomic E-state index is 0.0287. The summed E-state index contributed by atoms with van der Waals surface area (Å²) in [7, 11) is -1.34. The monoisotopic (exact) mass is 284 g/mol. The molecule has 0 aromatic carbocycles. The average Bonchev–Trinajstić information content (AvgIpc) is 2.33. The molecular formula is C10H21O7P. The highest BCUT2D eigenvalue weighted by molar-refractivity contribution is 7.49. The van der Waals surface area contributed by atoms with Gasteiger partial charge in [0.1, 0.15) is 0 Å². The fourth-order valence-electron chi connectivity index (χ4n) is 0.733. The number of ether oxygens (including phenoxy) is 2. The predicted octanol–water partition coefficient (Wildman–Crippen LogP) is 2.60. The Labute approximate surface area is 107 Å². The highest BCUT2D eigenvalue weighted by Crippen LogP contribution is 2.49. The number of phosphoric acid groups is 1. The van der Waals surface area contributed by atoms with Gasteiger partial charge >= 0.3 is 14.0 Å². The van der Waals surface area contributed by atoms with Crippen molar-refractivity contribution in [3.05, 3.63) is 0 Å². The van der Waals surface area contributed by atoms with Crippen LogP contribution in [0.3, 0.4) is 0 Å². The number of hydrogen-bond acceptors (Lipinski definition) is 7. The zero-order chi connectivity index (χ0) is 14.2. The van der Waals surface area contributed by atoms with Crippen LogP contribution < -0.4 is 0 Å². The first-order chi connectivity index (χ1) is 8.33. The van der Waals surface area contributed by atoms with Crippen molar-refractivity contribution in [1.29, 1.82) is 0 Å². The Hall–Kier alpha value is -0.620. The highest BCUT2D eigenvalue weighted by Gasteiger charge is 2.31. The van der Waals surface area contributed by atoms with Gasteiger partial charge in [-0.1, -0.05) is 13.8 Å². The van der Waals surface area contributed by atoms with E-state index in [2.05, 4.69) is 9.05 Å². The van der Waals surface area contributed by atoms with Crippen molar-refractivity contribution in [2.45, 2.75) is 26.9 Å². The van der Waals surface area contributed by atoms with Gasteiger partial charge in [0.2, 0.25) is 0 Å². The van der Waals surface area contributed by atoms with Crippen LogP contribution in [0.15, 0.2) is 0 Å². The number of phosphoric ester groups is 1. The number of hydrogen-bond donors (Lipinski definition) is 0. The molecule has 0 rings (SSSR count). The molecule has 0 saturated heterocycles. The number of methoxy groups -OCH3 is 1. The van der Waals surface area contributed by atoms with Crippen molar-refractivity contribution < 1.29 is 32.4 Å². The van der Waals surface area contributed by atoms with E-state index in [1.165, 1.54) is 7.11 Å². The third-order valence-corrected chi connectivity index (χ3v) is 3.10. The summed E-state index contributed by atoms with van der Waals surface area (Å²) >= 11 is 0. The zero-order valence-electron chi connectivity index (χ0n) is 11.4. The van der Waals surface area contributed by atoms with Crippen molar-refractivity contribution in [2.24, 2.45) is 5.92 Å². The van der Waals surface area contributed by atoms with Crippen LogP contribution in [0.2, 0.25) is 0 Å². The van der Waals surface area contributed by atoms with Gasteiger partial charge in [0.25, 0.3) is 0 Å². The lowest BCUT2D eigenvalue weighted by molar-refractivity contribution is 0.0373. The molecule has 0 spiro atoms. The van der Waals surface area contributed by atoms with Crippen LogP contribution in [0.5, 0.6) is 0 Å². The van der Waals surface area contributed by atoms with Crippen LogP contribution >= 0.6 is 7.82 Å². The van der Waals surface area contributed by atoms with E-state index in [9.17, 15) is 9.36 Å². The van der Waals surface area contributed by atoms with Crippen LogP contribution in [0.4, 0.5) is 4.79 Å². The fourth-order valence-corrected chi connectivity index (χ4v) is 1.59. The molecule has 0 saturated carbocycles. The summed E-state index contributed by atoms with van der Waals surface area (Å²) in [5.41, 5.74) is 0. The number of rotatable bonds is 8. The van der Waals surface area contributed by atoms with E-state index in [1.54, 1.807) is 6.92 Å². The second-order valence-corrected chi connectivity index (χ2v) is 5.72. The second kappa shape index (κ2) is 8.48. The third-order valence-electron chi connectivity index (χ3n) is 1.81. The zero-order valence-corrected chi connectivity index (χ0v) is 12.3. The molecule has 0 N–H and O–H groups in total. The molecule has 0 aromatic rings. The van der Waals surface area contributed by atoms with Gasteiger partial charge in [-0.05, 0) is 12.8 Å². The Kier molecular flexibility index (Phi) is 8.18. The molecule has 108 valence electrons. The molecule has 0 aliphatic carbocycles. The molecule has 2 atom stereocenters. The van der Waals surface area contributed by atoms with E-state index >= 15 is 0 Å². The first kappa shape index (κ1) is 17.4. The Morgan fingerprint density at radius 2 is 1.78 bits per heavy atom. The first-order valence-electron chi connectivity index (χ1n) is 5.52. The SMILES string of the molecule is COC(C)COP(=O)(OC)OC(=O)OCC(C)C. The molecule has 0 aromatic heterocycles. The molecule has 0 radical (unpaired) electrons. The fraction of sp³-hybridized carbons (Fsp3) is 0.900.